The van der Waals surface area contributed by atoms with Gasteiger partial charge in [-0.25, -0.2) is 0 Å². The fourth-order valence-corrected chi connectivity index (χ4v) is 9.02. The summed E-state index contributed by atoms with van der Waals surface area (Å²) in [4.78, 5) is 0. The average molecular weight is 1040 g/mol. The molecule has 0 bridgehead atoms. The molecule has 0 fully saturated rings. The van der Waals surface area contributed by atoms with Crippen LogP contribution in [0.15, 0.2) is 194 Å². The standard InChI is InChI=1S/C21H28.C17H20O2.C15H16.C14H14O.C8H10/c1-7-20-12-18(9-14(3)16(20)5)11-19-10-15(4)17(6)21(8-2)13-19;1-17(2,13-5-9-15(18-3)10-6-13)14-7-11-16(19-4)12-8-14;1-12-3-7-14(8-4-12)11-15-9-5-13(2)6-10-15;1-11-3-7-13(8-4-11)15-14-9-5-12(2)6-10-14;1-7-3-5-8(2)6-4-7/h9-10,12-13H,7-8,11H2,1-6H3;5-12H,1-4H3;3-10H,11H2,1-2H3;3-10H,1-2H3;3-6H,1-2H3. The third kappa shape index (κ3) is 19.4. The van der Waals surface area contributed by atoms with Gasteiger partial charge in [-0.1, -0.05) is 207 Å². The van der Waals surface area contributed by atoms with Crippen molar-refractivity contribution in [2.45, 2.75) is 128 Å². The second kappa shape index (κ2) is 30.4. The molecule has 0 aliphatic heterocycles. The molecule has 9 aromatic rings. The van der Waals surface area contributed by atoms with Crippen LogP contribution in [0.4, 0.5) is 0 Å². The van der Waals surface area contributed by atoms with Gasteiger partial charge >= 0.3 is 0 Å². The van der Waals surface area contributed by atoms with Crippen LogP contribution in [0, 0.1) is 69.2 Å². The van der Waals surface area contributed by atoms with Gasteiger partial charge in [0.25, 0.3) is 0 Å². The van der Waals surface area contributed by atoms with Crippen LogP contribution in [0.3, 0.4) is 0 Å². The van der Waals surface area contributed by atoms with Gasteiger partial charge in [-0.2, -0.15) is 0 Å². The minimum atomic E-state index is -0.0431. The molecule has 406 valence electrons. The number of ether oxygens (including phenoxy) is 3. The first-order valence-electron chi connectivity index (χ1n) is 27.7. The Morgan fingerprint density at radius 2 is 0.564 bits per heavy atom. The van der Waals surface area contributed by atoms with Crippen LogP contribution in [0.1, 0.15) is 128 Å². The molecule has 0 spiro atoms. The summed E-state index contributed by atoms with van der Waals surface area (Å²) in [6.07, 6.45) is 4.31. The molecule has 0 saturated heterocycles. The van der Waals surface area contributed by atoms with Gasteiger partial charge in [0, 0.05) is 5.41 Å². The Morgan fingerprint density at radius 1 is 0.308 bits per heavy atom. The number of rotatable bonds is 12. The van der Waals surface area contributed by atoms with Gasteiger partial charge < -0.3 is 14.2 Å². The Hall–Kier alpha value is -7.62. The summed E-state index contributed by atoms with van der Waals surface area (Å²) in [7, 11) is 3.37. The highest BCUT2D eigenvalue weighted by Crippen LogP contribution is 2.33. The van der Waals surface area contributed by atoms with Gasteiger partial charge in [0.05, 0.1) is 14.2 Å². The molecule has 0 heterocycles. The average Bonchev–Trinajstić information content (AvgIpc) is 3.44. The van der Waals surface area contributed by atoms with Gasteiger partial charge in [0.2, 0.25) is 0 Å². The van der Waals surface area contributed by atoms with Crippen molar-refractivity contribution in [2.75, 3.05) is 14.2 Å². The lowest BCUT2D eigenvalue weighted by atomic mass is 9.78. The predicted octanol–water partition coefficient (Wildman–Crippen LogP) is 20.0. The molecule has 0 aliphatic carbocycles. The quantitative estimate of drug-likeness (QED) is 0.122. The number of aryl methyl sites for hydroxylation is 10. The number of hydrogen-bond donors (Lipinski definition) is 0. The molecule has 0 atom stereocenters. The van der Waals surface area contributed by atoms with Crippen molar-refractivity contribution in [1.82, 2.24) is 0 Å². The fraction of sp³-hybridized carbons (Fsp3) is 0.280. The maximum atomic E-state index is 5.69. The van der Waals surface area contributed by atoms with Gasteiger partial charge in [-0.15, -0.1) is 0 Å². The molecule has 0 radical (unpaired) electrons. The summed E-state index contributed by atoms with van der Waals surface area (Å²) in [6.45, 7) is 30.4. The summed E-state index contributed by atoms with van der Waals surface area (Å²) in [5.74, 6) is 3.53. The lowest BCUT2D eigenvalue weighted by molar-refractivity contribution is 0.414. The summed E-state index contributed by atoms with van der Waals surface area (Å²) in [6, 6.07) is 68.0. The molecule has 0 N–H and O–H groups in total. The summed E-state index contributed by atoms with van der Waals surface area (Å²) in [5, 5.41) is 0. The molecule has 3 nitrogen and oxygen atoms in total. The van der Waals surface area contributed by atoms with Crippen LogP contribution in [0.2, 0.25) is 0 Å². The monoisotopic (exact) mass is 1040 g/mol. The Balaban J connectivity index is 0.000000184. The van der Waals surface area contributed by atoms with Crippen molar-refractivity contribution in [3.63, 3.8) is 0 Å². The zero-order valence-corrected chi connectivity index (χ0v) is 50.0. The molecular weight excluding hydrogens is 949 g/mol. The van der Waals surface area contributed by atoms with E-state index in [1.807, 2.05) is 72.8 Å². The SMILES string of the molecule is CCc1cc(Cc2cc(C)c(C)c(CC)c2)cc(C)c1C.COc1ccc(C(C)(C)c2ccc(OC)cc2)cc1.Cc1ccc(C)cc1.Cc1ccc(Cc2ccc(C)cc2)cc1.Cc1ccc(Oc2ccc(C)cc2)cc1. The number of benzene rings is 9. The van der Waals surface area contributed by atoms with Gasteiger partial charge in [0.1, 0.15) is 23.0 Å². The Bertz CT molecular complexity index is 2880. The fourth-order valence-electron chi connectivity index (χ4n) is 9.02. The smallest absolute Gasteiger partial charge is 0.127 e. The largest absolute Gasteiger partial charge is 0.497 e. The summed E-state index contributed by atoms with van der Waals surface area (Å²) >= 11 is 0. The van der Waals surface area contributed by atoms with Gasteiger partial charge in [-0.05, 0) is 210 Å². The van der Waals surface area contributed by atoms with Crippen LogP contribution in [0.5, 0.6) is 23.0 Å². The number of methoxy groups -OCH3 is 2. The lowest BCUT2D eigenvalue weighted by Gasteiger charge is -2.26. The Morgan fingerprint density at radius 3 is 0.846 bits per heavy atom. The molecule has 0 aromatic heterocycles. The summed E-state index contributed by atoms with van der Waals surface area (Å²) < 4.78 is 16.1. The van der Waals surface area contributed by atoms with Crippen LogP contribution in [-0.2, 0) is 31.1 Å². The van der Waals surface area contributed by atoms with Crippen LogP contribution < -0.4 is 14.2 Å². The van der Waals surface area contributed by atoms with Crippen LogP contribution in [-0.4, -0.2) is 14.2 Å². The third-order valence-corrected chi connectivity index (χ3v) is 14.6. The first-order chi connectivity index (χ1) is 37.3. The first kappa shape index (κ1) is 61.2. The zero-order valence-electron chi connectivity index (χ0n) is 50.0. The van der Waals surface area contributed by atoms with E-state index in [1.165, 1.54) is 100 Å². The molecule has 0 amide bonds. The van der Waals surface area contributed by atoms with Gasteiger partial charge in [-0.3, -0.25) is 0 Å². The van der Waals surface area contributed by atoms with Crippen molar-refractivity contribution >= 4 is 0 Å². The predicted molar refractivity (Wildman–Crippen MR) is 335 cm³/mol. The van der Waals surface area contributed by atoms with Crippen LogP contribution in [0.25, 0.3) is 0 Å². The topological polar surface area (TPSA) is 27.7 Å². The highest BCUT2D eigenvalue weighted by Gasteiger charge is 2.23. The zero-order chi connectivity index (χ0) is 56.8. The number of hydrogen-bond acceptors (Lipinski definition) is 3. The van der Waals surface area contributed by atoms with Crippen molar-refractivity contribution < 1.29 is 14.2 Å². The molecular formula is C75H88O3. The summed E-state index contributed by atoms with van der Waals surface area (Å²) in [5.41, 5.74) is 24.6. The van der Waals surface area contributed by atoms with Gasteiger partial charge in [0.15, 0.2) is 0 Å². The minimum absolute atomic E-state index is 0.0431. The van der Waals surface area contributed by atoms with E-state index in [4.69, 9.17) is 14.2 Å². The van der Waals surface area contributed by atoms with E-state index in [1.54, 1.807) is 14.2 Å². The van der Waals surface area contributed by atoms with Crippen LogP contribution >= 0.6 is 0 Å². The van der Waals surface area contributed by atoms with E-state index in [9.17, 15) is 0 Å². The van der Waals surface area contributed by atoms with E-state index in [0.717, 1.165) is 48.7 Å². The molecule has 0 aliphatic rings. The normalized spacial score (nSPS) is 10.5. The van der Waals surface area contributed by atoms with E-state index in [2.05, 4.69) is 218 Å². The molecule has 9 rings (SSSR count). The van der Waals surface area contributed by atoms with E-state index >= 15 is 0 Å². The molecule has 0 saturated carbocycles. The second-order valence-electron chi connectivity index (χ2n) is 21.4. The second-order valence-corrected chi connectivity index (χ2v) is 21.4. The molecule has 3 heteroatoms. The van der Waals surface area contributed by atoms with Crippen molar-refractivity contribution in [3.05, 3.63) is 294 Å². The lowest BCUT2D eigenvalue weighted by Crippen LogP contribution is -2.18. The molecule has 78 heavy (non-hydrogen) atoms. The third-order valence-electron chi connectivity index (χ3n) is 14.6. The highest BCUT2D eigenvalue weighted by molar-refractivity contribution is 5.45. The van der Waals surface area contributed by atoms with E-state index in [-0.39, 0.29) is 5.41 Å². The molecule has 0 unspecified atom stereocenters. The highest BCUT2D eigenvalue weighted by atomic mass is 16.5. The van der Waals surface area contributed by atoms with E-state index in [0.29, 0.717) is 0 Å². The molecule has 9 aromatic carbocycles. The van der Waals surface area contributed by atoms with Crippen molar-refractivity contribution in [2.24, 2.45) is 0 Å². The first-order valence-corrected chi connectivity index (χ1v) is 27.7. The maximum Gasteiger partial charge on any atom is 0.127 e. The van der Waals surface area contributed by atoms with Crippen molar-refractivity contribution in [1.29, 1.82) is 0 Å². The Labute approximate surface area is 471 Å². The Kier molecular flexibility index (Phi) is 23.8. The van der Waals surface area contributed by atoms with E-state index < -0.39 is 0 Å². The maximum absolute atomic E-state index is 5.69. The minimum Gasteiger partial charge on any atom is -0.497 e. The van der Waals surface area contributed by atoms with Crippen molar-refractivity contribution in [3.8, 4) is 23.0 Å².